The molecule has 9 nitrogen and oxygen atoms in total. The molecule has 0 radical (unpaired) electrons. The molecule has 0 rings (SSSR count). The predicted molar refractivity (Wildman–Crippen MR) is 316 cm³/mol. The molecule has 0 aromatic rings. The summed E-state index contributed by atoms with van der Waals surface area (Å²) in [6.07, 6.45) is 81.1. The lowest BCUT2D eigenvalue weighted by Crippen LogP contribution is -2.29. The topological polar surface area (TPSA) is 134 Å². The van der Waals surface area contributed by atoms with E-state index in [0.29, 0.717) is 6.42 Å². The van der Waals surface area contributed by atoms with Gasteiger partial charge in [-0.15, -0.1) is 0 Å². The van der Waals surface area contributed by atoms with Gasteiger partial charge in [0, 0.05) is 19.4 Å². The molecule has 0 fully saturated rings. The number of hydrogen-bond acceptors (Lipinski definition) is 8. The third-order valence-electron chi connectivity index (χ3n) is 12.1. The van der Waals surface area contributed by atoms with E-state index in [2.05, 4.69) is 135 Å². The molecule has 3 N–H and O–H groups in total. The molecule has 0 spiro atoms. The van der Waals surface area contributed by atoms with Gasteiger partial charge in [-0.2, -0.15) is 0 Å². The molecule has 0 saturated heterocycles. The van der Waals surface area contributed by atoms with Crippen LogP contribution in [-0.2, 0) is 32.7 Å². The van der Waals surface area contributed by atoms with E-state index in [4.69, 9.17) is 24.3 Å². The SMILES string of the molecule is CC/C=C\C/C=C\C/C=C\C/C=C\C/C=C\C/C=C\C/C=C\C/C=C\C/C=C\C/C=C\CCCCCCCCC(=O)OC(COC(=O)CCCCCCCCCCCCCCCCCC)COP(=O)(O)OCCN. The smallest absolute Gasteiger partial charge is 0.462 e. The lowest BCUT2D eigenvalue weighted by atomic mass is 10.0. The zero-order valence-electron chi connectivity index (χ0n) is 47.0. The third-order valence-corrected chi connectivity index (χ3v) is 13.1. The average molecular weight is 1050 g/mol. The van der Waals surface area contributed by atoms with E-state index < -0.39 is 26.5 Å². The van der Waals surface area contributed by atoms with Crippen LogP contribution in [-0.4, -0.2) is 49.3 Å². The Kier molecular flexibility index (Phi) is 55.8. The van der Waals surface area contributed by atoms with E-state index in [-0.39, 0.29) is 38.6 Å². The minimum atomic E-state index is -4.40. The van der Waals surface area contributed by atoms with Crippen LogP contribution in [0.4, 0.5) is 0 Å². The second kappa shape index (κ2) is 58.7. The highest BCUT2D eigenvalue weighted by Gasteiger charge is 2.26. The Labute approximate surface area is 453 Å². The van der Waals surface area contributed by atoms with E-state index in [0.717, 1.165) is 122 Å². The first-order chi connectivity index (χ1) is 36.3. The van der Waals surface area contributed by atoms with Crippen molar-refractivity contribution in [3.63, 3.8) is 0 Å². The molecule has 2 atom stereocenters. The normalized spacial score (nSPS) is 13.9. The fourth-order valence-corrected chi connectivity index (χ4v) is 8.55. The predicted octanol–water partition coefficient (Wildman–Crippen LogP) is 18.8. The van der Waals surface area contributed by atoms with Gasteiger partial charge in [-0.05, 0) is 89.9 Å². The summed E-state index contributed by atoms with van der Waals surface area (Å²) in [5.41, 5.74) is 5.38. The van der Waals surface area contributed by atoms with Crippen molar-refractivity contribution in [3.8, 4) is 0 Å². The number of carbonyl (C=O) groups excluding carboxylic acids is 2. The number of ether oxygens (including phenoxy) is 2. The van der Waals surface area contributed by atoms with Crippen molar-refractivity contribution >= 4 is 19.8 Å². The quantitative estimate of drug-likeness (QED) is 0.0264. The maximum Gasteiger partial charge on any atom is 0.472 e. The molecular weight excluding hydrogens is 942 g/mol. The largest absolute Gasteiger partial charge is 0.472 e. The Morgan fingerprint density at radius 2 is 0.743 bits per heavy atom. The number of carbonyl (C=O) groups is 2. The third kappa shape index (κ3) is 57.7. The summed E-state index contributed by atoms with van der Waals surface area (Å²) >= 11 is 0. The second-order valence-corrected chi connectivity index (χ2v) is 20.6. The molecule has 74 heavy (non-hydrogen) atoms. The number of phosphoric ester groups is 1. The van der Waals surface area contributed by atoms with E-state index in [1.807, 2.05) is 0 Å². The van der Waals surface area contributed by atoms with Crippen molar-refractivity contribution in [1.29, 1.82) is 0 Å². The molecule has 2 unspecified atom stereocenters. The van der Waals surface area contributed by atoms with E-state index in [1.54, 1.807) is 0 Å². The molecule has 0 aliphatic carbocycles. The maximum absolute atomic E-state index is 12.7. The summed E-state index contributed by atoms with van der Waals surface area (Å²) in [7, 11) is -4.40. The minimum Gasteiger partial charge on any atom is -0.462 e. The van der Waals surface area contributed by atoms with Crippen LogP contribution in [0.2, 0.25) is 0 Å². The number of nitrogens with two attached hydrogens (primary N) is 1. The molecule has 0 aromatic carbocycles. The van der Waals surface area contributed by atoms with Gasteiger partial charge in [0.15, 0.2) is 6.10 Å². The van der Waals surface area contributed by atoms with Gasteiger partial charge in [0.2, 0.25) is 0 Å². The minimum absolute atomic E-state index is 0.0461. The summed E-state index contributed by atoms with van der Waals surface area (Å²) in [6, 6.07) is 0. The molecule has 422 valence electrons. The molecule has 0 aliphatic rings. The summed E-state index contributed by atoms with van der Waals surface area (Å²) in [5.74, 6) is -0.846. The molecule has 0 heterocycles. The van der Waals surface area contributed by atoms with Gasteiger partial charge in [-0.25, -0.2) is 4.57 Å². The van der Waals surface area contributed by atoms with Crippen LogP contribution in [0.3, 0.4) is 0 Å². The Morgan fingerprint density at radius 1 is 0.419 bits per heavy atom. The molecule has 0 aliphatic heterocycles. The molecular formula is C64H108NO8P. The zero-order chi connectivity index (χ0) is 53.8. The lowest BCUT2D eigenvalue weighted by molar-refractivity contribution is -0.161. The van der Waals surface area contributed by atoms with Crippen molar-refractivity contribution in [2.24, 2.45) is 5.73 Å². The van der Waals surface area contributed by atoms with Crippen molar-refractivity contribution < 1.29 is 37.6 Å². The first-order valence-corrected chi connectivity index (χ1v) is 31.0. The number of esters is 2. The number of rotatable bonds is 54. The van der Waals surface area contributed by atoms with Crippen LogP contribution in [0.1, 0.15) is 239 Å². The van der Waals surface area contributed by atoms with Crippen LogP contribution in [0.25, 0.3) is 0 Å². The summed E-state index contributed by atoms with van der Waals surface area (Å²) < 4.78 is 33.0. The lowest BCUT2D eigenvalue weighted by Gasteiger charge is -2.19. The highest BCUT2D eigenvalue weighted by Crippen LogP contribution is 2.43. The van der Waals surface area contributed by atoms with Gasteiger partial charge < -0.3 is 20.1 Å². The van der Waals surface area contributed by atoms with Gasteiger partial charge in [0.05, 0.1) is 13.2 Å². The zero-order valence-corrected chi connectivity index (χ0v) is 47.9. The van der Waals surface area contributed by atoms with Gasteiger partial charge in [0.25, 0.3) is 0 Å². The molecule has 0 bridgehead atoms. The Balaban J connectivity index is 4.03. The molecule has 10 heteroatoms. The van der Waals surface area contributed by atoms with Crippen LogP contribution < -0.4 is 5.73 Å². The Bertz CT molecular complexity index is 1620. The summed E-state index contributed by atoms with van der Waals surface area (Å²) in [6.45, 7) is 3.61. The molecule has 0 aromatic heterocycles. The van der Waals surface area contributed by atoms with Crippen molar-refractivity contribution in [2.45, 2.75) is 245 Å². The number of allylic oxidation sites excluding steroid dienone is 20. The van der Waals surface area contributed by atoms with Crippen molar-refractivity contribution in [1.82, 2.24) is 0 Å². The van der Waals surface area contributed by atoms with E-state index in [9.17, 15) is 19.0 Å². The standard InChI is InChI=1S/C64H108NO8P/c1-3-5-7-9-11-13-15-17-19-21-22-23-24-25-26-27-28-29-30-31-32-33-34-35-36-37-38-39-40-41-43-45-47-49-51-53-55-57-64(67)73-62(61-72-74(68,69)71-59-58-65)60-70-63(66)56-54-52-50-48-46-44-42-20-18-16-14-12-10-8-6-4-2/h5,7,11,13,17,19,22-23,25-26,28-29,31-32,34-35,37-38,40-41,62H,3-4,6,8-10,12,14-16,18,20-21,24,27,30,33,36,39,42-61,65H2,1-2H3,(H,68,69)/b7-5-,13-11-,19-17-,23-22-,26-25-,29-28-,32-31-,35-34-,38-37-,41-40-. The highest BCUT2D eigenvalue weighted by atomic mass is 31.2. The van der Waals surface area contributed by atoms with Gasteiger partial charge >= 0.3 is 19.8 Å². The van der Waals surface area contributed by atoms with E-state index in [1.165, 1.54) is 83.5 Å². The van der Waals surface area contributed by atoms with Crippen LogP contribution in [0, 0.1) is 0 Å². The van der Waals surface area contributed by atoms with Gasteiger partial charge in [0.1, 0.15) is 6.61 Å². The van der Waals surface area contributed by atoms with Gasteiger partial charge in [-0.3, -0.25) is 18.6 Å². The number of unbranched alkanes of at least 4 members (excludes halogenated alkanes) is 21. The monoisotopic (exact) mass is 1050 g/mol. The van der Waals surface area contributed by atoms with Crippen LogP contribution in [0.5, 0.6) is 0 Å². The second-order valence-electron chi connectivity index (χ2n) is 19.1. The highest BCUT2D eigenvalue weighted by molar-refractivity contribution is 7.47. The first kappa shape index (κ1) is 70.4. The van der Waals surface area contributed by atoms with E-state index >= 15 is 0 Å². The summed E-state index contributed by atoms with van der Waals surface area (Å²) in [4.78, 5) is 35.1. The van der Waals surface area contributed by atoms with Crippen LogP contribution >= 0.6 is 7.82 Å². The van der Waals surface area contributed by atoms with Crippen molar-refractivity contribution in [2.75, 3.05) is 26.4 Å². The molecule has 0 saturated carbocycles. The maximum atomic E-state index is 12.7. The molecule has 0 amide bonds. The van der Waals surface area contributed by atoms with Crippen molar-refractivity contribution in [3.05, 3.63) is 122 Å². The average Bonchev–Trinajstić information content (AvgIpc) is 3.39. The first-order valence-electron chi connectivity index (χ1n) is 29.5. The van der Waals surface area contributed by atoms with Crippen LogP contribution in [0.15, 0.2) is 122 Å². The summed E-state index contributed by atoms with van der Waals surface area (Å²) in [5, 5.41) is 0. The Morgan fingerprint density at radius 3 is 1.11 bits per heavy atom. The Hall–Kier alpha value is -3.59. The number of hydrogen-bond donors (Lipinski definition) is 2. The number of phosphoric acid groups is 1. The fraction of sp³-hybridized carbons (Fsp3) is 0.656. The van der Waals surface area contributed by atoms with Gasteiger partial charge in [-0.1, -0.05) is 257 Å². The fourth-order valence-electron chi connectivity index (χ4n) is 7.78.